The Labute approximate surface area is 111 Å². The lowest BCUT2D eigenvalue weighted by Gasteiger charge is -2.35. The molecule has 1 amide bonds. The van der Waals surface area contributed by atoms with Gasteiger partial charge in [-0.1, -0.05) is 27.2 Å². The third-order valence-corrected chi connectivity index (χ3v) is 3.40. The Morgan fingerprint density at radius 1 is 1.50 bits per heavy atom. The summed E-state index contributed by atoms with van der Waals surface area (Å²) in [5.41, 5.74) is 0. The minimum absolute atomic E-state index is 0.0646. The Morgan fingerprint density at radius 2 is 2.22 bits per heavy atom. The van der Waals surface area contributed by atoms with Crippen molar-refractivity contribution in [3.63, 3.8) is 0 Å². The lowest BCUT2D eigenvalue weighted by Crippen LogP contribution is -2.48. The van der Waals surface area contributed by atoms with Crippen molar-refractivity contribution in [3.8, 4) is 0 Å². The molecule has 1 saturated heterocycles. The van der Waals surface area contributed by atoms with Crippen LogP contribution in [0.3, 0.4) is 0 Å². The molecule has 0 radical (unpaired) electrons. The summed E-state index contributed by atoms with van der Waals surface area (Å²) in [4.78, 5) is 16.1. The van der Waals surface area contributed by atoms with E-state index in [1.54, 1.807) is 4.90 Å². The van der Waals surface area contributed by atoms with Gasteiger partial charge < -0.3 is 9.64 Å². The Bertz CT molecular complexity index is 256. The highest BCUT2D eigenvalue weighted by Crippen LogP contribution is 2.09. The number of amides is 1. The van der Waals surface area contributed by atoms with E-state index >= 15 is 0 Å². The molecular weight excluding hydrogens is 228 g/mol. The first-order valence-corrected chi connectivity index (χ1v) is 7.13. The molecule has 0 unspecified atom stereocenters. The average Bonchev–Trinajstić information content (AvgIpc) is 2.35. The molecule has 1 atom stereocenters. The number of nitrogens with zero attached hydrogens (tertiary/aromatic N) is 2. The average molecular weight is 256 g/mol. The predicted octanol–water partition coefficient (Wildman–Crippen LogP) is 1.60. The highest BCUT2D eigenvalue weighted by Gasteiger charge is 2.23. The molecule has 0 saturated carbocycles. The van der Waals surface area contributed by atoms with E-state index in [0.29, 0.717) is 6.54 Å². The largest absolute Gasteiger partial charge is 0.374 e. The molecule has 1 aliphatic heterocycles. The number of morpholine rings is 1. The van der Waals surface area contributed by atoms with Gasteiger partial charge in [0.25, 0.3) is 0 Å². The van der Waals surface area contributed by atoms with Crippen molar-refractivity contribution in [2.75, 3.05) is 39.8 Å². The van der Waals surface area contributed by atoms with Crippen molar-refractivity contribution in [3.05, 3.63) is 0 Å². The quantitative estimate of drug-likeness (QED) is 0.723. The van der Waals surface area contributed by atoms with Gasteiger partial charge in [0, 0.05) is 32.6 Å². The highest BCUT2D eigenvalue weighted by atomic mass is 16.5. The molecule has 0 N–H and O–H groups in total. The van der Waals surface area contributed by atoms with Crippen LogP contribution in [0.15, 0.2) is 0 Å². The van der Waals surface area contributed by atoms with E-state index in [-0.39, 0.29) is 17.9 Å². The second-order valence-electron chi connectivity index (χ2n) is 5.52. The molecule has 106 valence electrons. The maximum atomic E-state index is 11.8. The van der Waals surface area contributed by atoms with Crippen molar-refractivity contribution in [1.29, 1.82) is 0 Å². The molecule has 0 aromatic carbocycles. The zero-order chi connectivity index (χ0) is 13.5. The topological polar surface area (TPSA) is 32.8 Å². The van der Waals surface area contributed by atoms with Crippen LogP contribution in [-0.4, -0.2) is 61.6 Å². The van der Waals surface area contributed by atoms with Crippen LogP contribution in [-0.2, 0) is 9.53 Å². The number of carbonyl (C=O) groups is 1. The number of hydrogen-bond acceptors (Lipinski definition) is 3. The number of carbonyl (C=O) groups excluding carboxylic acids is 1. The maximum absolute atomic E-state index is 11.8. The van der Waals surface area contributed by atoms with E-state index in [1.807, 2.05) is 20.9 Å². The van der Waals surface area contributed by atoms with Crippen LogP contribution in [0.25, 0.3) is 0 Å². The predicted molar refractivity (Wildman–Crippen MR) is 73.6 cm³/mol. The van der Waals surface area contributed by atoms with Crippen LogP contribution in [0.5, 0.6) is 0 Å². The van der Waals surface area contributed by atoms with Gasteiger partial charge in [0.15, 0.2) is 0 Å². The second kappa shape index (κ2) is 7.74. The van der Waals surface area contributed by atoms with Crippen LogP contribution in [0.4, 0.5) is 0 Å². The minimum Gasteiger partial charge on any atom is -0.374 e. The van der Waals surface area contributed by atoms with Crippen molar-refractivity contribution in [1.82, 2.24) is 9.80 Å². The number of ether oxygens (including phenoxy) is 1. The third-order valence-electron chi connectivity index (χ3n) is 3.40. The minimum atomic E-state index is 0.0646. The van der Waals surface area contributed by atoms with Crippen LogP contribution < -0.4 is 0 Å². The first-order valence-electron chi connectivity index (χ1n) is 7.13. The molecular formula is C14H28N2O2. The third kappa shape index (κ3) is 4.94. The van der Waals surface area contributed by atoms with Gasteiger partial charge >= 0.3 is 0 Å². The Kier molecular flexibility index (Phi) is 6.65. The van der Waals surface area contributed by atoms with Crippen molar-refractivity contribution >= 4 is 5.91 Å². The normalized spacial score (nSPS) is 21.3. The molecule has 18 heavy (non-hydrogen) atoms. The van der Waals surface area contributed by atoms with Crippen LogP contribution in [0.2, 0.25) is 0 Å². The van der Waals surface area contributed by atoms with Crippen LogP contribution >= 0.6 is 0 Å². The Hall–Kier alpha value is -0.610. The van der Waals surface area contributed by atoms with Gasteiger partial charge in [-0.2, -0.15) is 0 Å². The van der Waals surface area contributed by atoms with Gasteiger partial charge in [-0.3, -0.25) is 9.69 Å². The van der Waals surface area contributed by atoms with E-state index < -0.39 is 0 Å². The number of unbranched alkanes of at least 4 members (excludes halogenated alkanes) is 1. The summed E-state index contributed by atoms with van der Waals surface area (Å²) < 4.78 is 5.75. The Morgan fingerprint density at radius 3 is 2.83 bits per heavy atom. The summed E-state index contributed by atoms with van der Waals surface area (Å²) in [7, 11) is 1.87. The van der Waals surface area contributed by atoms with E-state index in [9.17, 15) is 4.79 Å². The molecule has 0 aromatic rings. The van der Waals surface area contributed by atoms with Gasteiger partial charge in [0.05, 0.1) is 12.7 Å². The van der Waals surface area contributed by atoms with E-state index in [0.717, 1.165) is 26.2 Å². The smallest absolute Gasteiger partial charge is 0.224 e. The van der Waals surface area contributed by atoms with Crippen LogP contribution in [0, 0.1) is 5.92 Å². The lowest BCUT2D eigenvalue weighted by atomic mass is 10.1. The maximum Gasteiger partial charge on any atom is 0.224 e. The first-order chi connectivity index (χ1) is 8.54. The van der Waals surface area contributed by atoms with Gasteiger partial charge in [-0.05, 0) is 13.0 Å². The molecule has 1 aliphatic rings. The van der Waals surface area contributed by atoms with Crippen molar-refractivity contribution in [2.24, 2.45) is 5.92 Å². The van der Waals surface area contributed by atoms with Gasteiger partial charge in [-0.15, -0.1) is 0 Å². The summed E-state index contributed by atoms with van der Waals surface area (Å²) in [6.45, 7) is 10.7. The summed E-state index contributed by atoms with van der Waals surface area (Å²) >= 11 is 0. The molecule has 0 aliphatic carbocycles. The van der Waals surface area contributed by atoms with Crippen LogP contribution in [0.1, 0.15) is 33.6 Å². The fourth-order valence-electron chi connectivity index (χ4n) is 2.31. The molecule has 1 heterocycles. The summed E-state index contributed by atoms with van der Waals surface area (Å²) in [5.74, 6) is 0.263. The highest BCUT2D eigenvalue weighted by molar-refractivity contribution is 5.77. The zero-order valence-corrected chi connectivity index (χ0v) is 12.3. The lowest BCUT2D eigenvalue weighted by molar-refractivity contribution is -0.136. The van der Waals surface area contributed by atoms with Gasteiger partial charge in [0.2, 0.25) is 5.91 Å². The van der Waals surface area contributed by atoms with E-state index in [4.69, 9.17) is 4.74 Å². The summed E-state index contributed by atoms with van der Waals surface area (Å²) in [6.07, 6.45) is 2.64. The molecule has 4 nitrogen and oxygen atoms in total. The van der Waals surface area contributed by atoms with E-state index in [2.05, 4.69) is 11.8 Å². The zero-order valence-electron chi connectivity index (χ0n) is 12.3. The fraction of sp³-hybridized carbons (Fsp3) is 0.929. The molecule has 0 aromatic heterocycles. The fourth-order valence-corrected chi connectivity index (χ4v) is 2.31. The number of rotatable bonds is 6. The van der Waals surface area contributed by atoms with E-state index in [1.165, 1.54) is 12.8 Å². The molecule has 0 bridgehead atoms. The van der Waals surface area contributed by atoms with Gasteiger partial charge in [-0.25, -0.2) is 0 Å². The monoisotopic (exact) mass is 256 g/mol. The number of hydrogen-bond donors (Lipinski definition) is 0. The summed E-state index contributed by atoms with van der Waals surface area (Å²) in [6, 6.07) is 0. The number of likely N-dealkylation sites (N-methyl/N-ethyl adjacent to an activating group) is 1. The standard InChI is InChI=1S/C14H28N2O2/c1-5-6-7-16-8-9-18-13(11-16)10-15(4)14(17)12(2)3/h12-13H,5-11H2,1-4H3/t13-/m1/s1. The summed E-state index contributed by atoms with van der Waals surface area (Å²) in [5, 5.41) is 0. The molecule has 0 spiro atoms. The Balaban J connectivity index is 2.35. The first kappa shape index (κ1) is 15.4. The molecule has 1 rings (SSSR count). The SMILES string of the molecule is CCCCN1CCO[C@H](CN(C)C(=O)C(C)C)C1. The second-order valence-corrected chi connectivity index (χ2v) is 5.52. The molecule has 1 fully saturated rings. The van der Waals surface area contributed by atoms with Crippen molar-refractivity contribution in [2.45, 2.75) is 39.7 Å². The molecule has 4 heteroatoms. The van der Waals surface area contributed by atoms with Gasteiger partial charge in [0.1, 0.15) is 0 Å². The van der Waals surface area contributed by atoms with Crippen molar-refractivity contribution < 1.29 is 9.53 Å².